The SMILES string of the molecule is Cc1cc(NCCC2=CCCCC2)nc(Nc2ccccc2)n1. The minimum absolute atomic E-state index is 0.635. The minimum atomic E-state index is 0.635. The number of aromatic nitrogens is 2. The van der Waals surface area contributed by atoms with Crippen LogP contribution in [-0.2, 0) is 0 Å². The van der Waals surface area contributed by atoms with Gasteiger partial charge in [0, 0.05) is 24.0 Å². The molecule has 0 unspecified atom stereocenters. The van der Waals surface area contributed by atoms with E-state index < -0.39 is 0 Å². The van der Waals surface area contributed by atoms with Crippen LogP contribution in [0.1, 0.15) is 37.8 Å². The summed E-state index contributed by atoms with van der Waals surface area (Å²) in [5.74, 6) is 1.52. The molecule has 120 valence electrons. The van der Waals surface area contributed by atoms with Crippen LogP contribution in [0, 0.1) is 6.92 Å². The first-order chi connectivity index (χ1) is 11.3. The Morgan fingerprint density at radius 3 is 2.74 bits per heavy atom. The van der Waals surface area contributed by atoms with Crippen LogP contribution in [0.3, 0.4) is 0 Å². The number of nitrogens with zero attached hydrogens (tertiary/aromatic N) is 2. The Morgan fingerprint density at radius 2 is 1.96 bits per heavy atom. The molecule has 0 radical (unpaired) electrons. The number of allylic oxidation sites excluding steroid dienone is 1. The van der Waals surface area contributed by atoms with Gasteiger partial charge in [0.15, 0.2) is 0 Å². The van der Waals surface area contributed by atoms with Crippen molar-refractivity contribution in [3.63, 3.8) is 0 Å². The molecule has 23 heavy (non-hydrogen) atoms. The van der Waals surface area contributed by atoms with Crippen LogP contribution < -0.4 is 10.6 Å². The summed E-state index contributed by atoms with van der Waals surface area (Å²) in [6.45, 7) is 2.92. The molecule has 3 rings (SSSR count). The van der Waals surface area contributed by atoms with Crippen LogP contribution in [0.15, 0.2) is 48.0 Å². The van der Waals surface area contributed by atoms with Crippen molar-refractivity contribution in [1.82, 2.24) is 9.97 Å². The fourth-order valence-corrected chi connectivity index (χ4v) is 2.85. The first kappa shape index (κ1) is 15.5. The zero-order chi connectivity index (χ0) is 15.9. The van der Waals surface area contributed by atoms with Crippen molar-refractivity contribution < 1.29 is 0 Å². The molecule has 1 aromatic heterocycles. The van der Waals surface area contributed by atoms with E-state index in [2.05, 4.69) is 26.7 Å². The van der Waals surface area contributed by atoms with Gasteiger partial charge >= 0.3 is 0 Å². The summed E-state index contributed by atoms with van der Waals surface area (Å²) in [5, 5.41) is 6.68. The van der Waals surface area contributed by atoms with Gasteiger partial charge in [-0.2, -0.15) is 4.98 Å². The lowest BCUT2D eigenvalue weighted by atomic mass is 9.97. The number of aryl methyl sites for hydroxylation is 1. The summed E-state index contributed by atoms with van der Waals surface area (Å²) < 4.78 is 0. The third kappa shape index (κ3) is 4.81. The predicted octanol–water partition coefficient (Wildman–Crippen LogP) is 4.83. The van der Waals surface area contributed by atoms with Gasteiger partial charge in [0.05, 0.1) is 0 Å². The van der Waals surface area contributed by atoms with Gasteiger partial charge in [-0.25, -0.2) is 4.98 Å². The van der Waals surface area contributed by atoms with Crippen molar-refractivity contribution in [3.8, 4) is 0 Å². The van der Waals surface area contributed by atoms with E-state index in [0.29, 0.717) is 5.95 Å². The molecular weight excluding hydrogens is 284 g/mol. The first-order valence-corrected chi connectivity index (χ1v) is 8.39. The maximum atomic E-state index is 4.56. The maximum Gasteiger partial charge on any atom is 0.229 e. The molecule has 2 aromatic rings. The monoisotopic (exact) mass is 308 g/mol. The first-order valence-electron chi connectivity index (χ1n) is 8.39. The average Bonchev–Trinajstić information content (AvgIpc) is 2.56. The smallest absolute Gasteiger partial charge is 0.229 e. The van der Waals surface area contributed by atoms with Crippen molar-refractivity contribution in [3.05, 3.63) is 53.7 Å². The third-order valence-electron chi connectivity index (χ3n) is 4.02. The molecule has 0 saturated heterocycles. The van der Waals surface area contributed by atoms with Gasteiger partial charge < -0.3 is 10.6 Å². The number of anilines is 3. The van der Waals surface area contributed by atoms with Crippen molar-refractivity contribution in [2.75, 3.05) is 17.2 Å². The summed E-state index contributed by atoms with van der Waals surface area (Å²) >= 11 is 0. The average molecular weight is 308 g/mol. The van der Waals surface area contributed by atoms with E-state index in [1.807, 2.05) is 43.3 Å². The van der Waals surface area contributed by atoms with Crippen LogP contribution >= 0.6 is 0 Å². The molecule has 1 aromatic carbocycles. The summed E-state index contributed by atoms with van der Waals surface area (Å²) in [4.78, 5) is 9.01. The largest absolute Gasteiger partial charge is 0.370 e. The Balaban J connectivity index is 1.60. The molecule has 1 aliphatic carbocycles. The maximum absolute atomic E-state index is 4.56. The number of nitrogens with one attached hydrogen (secondary N) is 2. The van der Waals surface area contributed by atoms with E-state index in [4.69, 9.17) is 0 Å². The Labute approximate surface area is 138 Å². The summed E-state index contributed by atoms with van der Waals surface area (Å²) in [6.07, 6.45) is 8.68. The van der Waals surface area contributed by atoms with Crippen LogP contribution in [-0.4, -0.2) is 16.5 Å². The van der Waals surface area contributed by atoms with Crippen LogP contribution in [0.5, 0.6) is 0 Å². The number of benzene rings is 1. The lowest BCUT2D eigenvalue weighted by Crippen LogP contribution is -2.08. The fraction of sp³-hybridized carbons (Fsp3) is 0.368. The standard InChI is InChI=1S/C19H24N4/c1-15-14-18(20-13-12-16-8-4-2-5-9-16)23-19(21-15)22-17-10-6-3-7-11-17/h3,6-8,10-11,14H,2,4-5,9,12-13H2,1H3,(H2,20,21,22,23). The normalized spacial score (nSPS) is 14.2. The molecule has 0 saturated carbocycles. The van der Waals surface area contributed by atoms with E-state index in [-0.39, 0.29) is 0 Å². The number of rotatable bonds is 6. The highest BCUT2D eigenvalue weighted by molar-refractivity contribution is 5.54. The van der Waals surface area contributed by atoms with E-state index in [9.17, 15) is 0 Å². The lowest BCUT2D eigenvalue weighted by Gasteiger charge is -2.14. The Bertz CT molecular complexity index is 664. The molecule has 2 N–H and O–H groups in total. The molecule has 1 aliphatic rings. The molecule has 0 amide bonds. The van der Waals surface area contributed by atoms with Crippen LogP contribution in [0.25, 0.3) is 0 Å². The minimum Gasteiger partial charge on any atom is -0.370 e. The summed E-state index contributed by atoms with van der Waals surface area (Å²) in [7, 11) is 0. The van der Waals surface area contributed by atoms with E-state index in [0.717, 1.165) is 30.2 Å². The van der Waals surface area contributed by atoms with Gasteiger partial charge in [-0.3, -0.25) is 0 Å². The van der Waals surface area contributed by atoms with Gasteiger partial charge in [-0.15, -0.1) is 0 Å². The Kier molecular flexibility index (Phi) is 5.25. The Morgan fingerprint density at radius 1 is 1.09 bits per heavy atom. The Hall–Kier alpha value is -2.36. The molecule has 1 heterocycles. The second kappa shape index (κ2) is 7.77. The molecule has 0 spiro atoms. The summed E-state index contributed by atoms with van der Waals surface area (Å²) in [6, 6.07) is 12.0. The molecule has 0 aliphatic heterocycles. The summed E-state index contributed by atoms with van der Waals surface area (Å²) in [5.41, 5.74) is 3.53. The quantitative estimate of drug-likeness (QED) is 0.750. The number of hydrogen-bond donors (Lipinski definition) is 2. The van der Waals surface area contributed by atoms with Crippen molar-refractivity contribution >= 4 is 17.5 Å². The van der Waals surface area contributed by atoms with Crippen molar-refractivity contribution in [2.24, 2.45) is 0 Å². The highest BCUT2D eigenvalue weighted by Gasteiger charge is 2.05. The van der Waals surface area contributed by atoms with Crippen molar-refractivity contribution in [1.29, 1.82) is 0 Å². The topological polar surface area (TPSA) is 49.8 Å². The second-order valence-corrected chi connectivity index (χ2v) is 5.99. The highest BCUT2D eigenvalue weighted by Crippen LogP contribution is 2.20. The zero-order valence-corrected chi connectivity index (χ0v) is 13.7. The molecule has 0 fully saturated rings. The molecule has 0 bridgehead atoms. The lowest BCUT2D eigenvalue weighted by molar-refractivity contribution is 0.679. The van der Waals surface area contributed by atoms with Gasteiger partial charge in [0.2, 0.25) is 5.95 Å². The number of hydrogen-bond acceptors (Lipinski definition) is 4. The van der Waals surface area contributed by atoms with E-state index in [1.165, 1.54) is 25.7 Å². The van der Waals surface area contributed by atoms with Crippen molar-refractivity contribution in [2.45, 2.75) is 39.0 Å². The molecule has 4 heteroatoms. The predicted molar refractivity (Wildman–Crippen MR) is 96.2 cm³/mol. The molecule has 0 atom stereocenters. The highest BCUT2D eigenvalue weighted by atomic mass is 15.1. The molecule has 4 nitrogen and oxygen atoms in total. The molecular formula is C19H24N4. The van der Waals surface area contributed by atoms with Gasteiger partial charge in [-0.1, -0.05) is 29.8 Å². The third-order valence-corrected chi connectivity index (χ3v) is 4.02. The van der Waals surface area contributed by atoms with Gasteiger partial charge in [-0.05, 0) is 51.2 Å². The van der Waals surface area contributed by atoms with E-state index >= 15 is 0 Å². The van der Waals surface area contributed by atoms with Gasteiger partial charge in [0.25, 0.3) is 0 Å². The second-order valence-electron chi connectivity index (χ2n) is 5.99. The van der Waals surface area contributed by atoms with Gasteiger partial charge in [0.1, 0.15) is 5.82 Å². The van der Waals surface area contributed by atoms with Crippen LogP contribution in [0.2, 0.25) is 0 Å². The van der Waals surface area contributed by atoms with E-state index in [1.54, 1.807) is 5.57 Å². The van der Waals surface area contributed by atoms with Crippen LogP contribution in [0.4, 0.5) is 17.5 Å². The zero-order valence-electron chi connectivity index (χ0n) is 13.7. The fourth-order valence-electron chi connectivity index (χ4n) is 2.85. The number of para-hydroxylation sites is 1.